The van der Waals surface area contributed by atoms with Crippen LogP contribution in [0.4, 0.5) is 13.2 Å². The molecule has 3 aliphatic rings. The molecule has 54 heavy (non-hydrogen) atoms. The molecule has 10 nitrogen and oxygen atoms in total. The molecule has 2 aromatic carbocycles. The second-order valence-corrected chi connectivity index (χ2v) is 14.9. The number of methoxy groups -OCH3 is 2. The number of hydrogen-bond acceptors (Lipinski definition) is 9. The minimum atomic E-state index is -4.72. The molecular formula is C40H43ClF3N5O5. The number of pyridine rings is 2. The number of ether oxygens (including phenoxy) is 3. The lowest BCUT2D eigenvalue weighted by atomic mass is 9.77. The van der Waals surface area contributed by atoms with Gasteiger partial charge in [-0.25, -0.2) is 4.98 Å². The third-order valence-electron chi connectivity index (χ3n) is 10.4. The SMILES string of the molecule is COc1nc(-c2cccc(-c3cccc4c3CC[C@@H]4Oc3nc(OC)c(CNC4CC(C)(O)C4)cc3C(F)(F)F)c2Cl)ccc1CNC[C@@H]1CCC(=O)N1. The monoisotopic (exact) mass is 765 g/mol. The maximum atomic E-state index is 14.5. The number of carbonyl (C=O) groups excluding carboxylic acids is 1. The number of amides is 1. The van der Waals surface area contributed by atoms with Crippen molar-refractivity contribution in [3.63, 3.8) is 0 Å². The second kappa shape index (κ2) is 15.4. The van der Waals surface area contributed by atoms with Crippen LogP contribution in [-0.2, 0) is 30.5 Å². The van der Waals surface area contributed by atoms with Crippen molar-refractivity contribution in [2.75, 3.05) is 20.8 Å². The van der Waals surface area contributed by atoms with Crippen LogP contribution in [0.2, 0.25) is 5.02 Å². The lowest BCUT2D eigenvalue weighted by Gasteiger charge is -2.41. The Hall–Kier alpha value is -4.43. The van der Waals surface area contributed by atoms with Crippen LogP contribution in [0.3, 0.4) is 0 Å². The standard InChI is InChI=1S/C40H43ClF3N5O5/c1-39(51)17-25(18-39)46-20-23-16-31(40(42,43)44)38(49-37(23)53-3)54-33-14-12-27-26(6-4-7-28(27)33)29-8-5-9-30(35(29)41)32-13-10-22(36(48-32)52-2)19-45-21-24-11-15-34(50)47-24/h4-10,13,16,24-25,33,45-46,51H,11-12,14-15,17-21H2,1-3H3,(H,47,50)/t24-,25?,33-,39?/m0/s1. The summed E-state index contributed by atoms with van der Waals surface area (Å²) in [6.07, 6.45) is -2.04. The van der Waals surface area contributed by atoms with Gasteiger partial charge in [0.15, 0.2) is 0 Å². The summed E-state index contributed by atoms with van der Waals surface area (Å²) in [5, 5.41) is 20.0. The van der Waals surface area contributed by atoms with Gasteiger partial charge in [-0.05, 0) is 67.9 Å². The summed E-state index contributed by atoms with van der Waals surface area (Å²) in [4.78, 5) is 20.5. The molecule has 2 aliphatic carbocycles. The predicted octanol–water partition coefficient (Wildman–Crippen LogP) is 6.94. The average molecular weight is 766 g/mol. The van der Waals surface area contributed by atoms with Gasteiger partial charge in [0.2, 0.25) is 23.5 Å². The highest BCUT2D eigenvalue weighted by Gasteiger charge is 2.40. The smallest absolute Gasteiger partial charge is 0.421 e. The number of nitrogens with one attached hydrogen (secondary N) is 3. The fourth-order valence-corrected chi connectivity index (χ4v) is 8.05. The Bertz CT molecular complexity index is 2040. The zero-order valence-corrected chi connectivity index (χ0v) is 31.0. The molecule has 1 aliphatic heterocycles. The quantitative estimate of drug-likeness (QED) is 0.115. The van der Waals surface area contributed by atoms with Crippen molar-refractivity contribution in [1.29, 1.82) is 0 Å². The van der Waals surface area contributed by atoms with Gasteiger partial charge in [-0.2, -0.15) is 18.2 Å². The van der Waals surface area contributed by atoms with Gasteiger partial charge in [-0.15, -0.1) is 0 Å². The topological polar surface area (TPSA) is 127 Å². The lowest BCUT2D eigenvalue weighted by Crippen LogP contribution is -2.51. The fourth-order valence-electron chi connectivity index (χ4n) is 7.72. The van der Waals surface area contributed by atoms with Gasteiger partial charge in [0.1, 0.15) is 11.7 Å². The molecule has 286 valence electrons. The van der Waals surface area contributed by atoms with Crippen LogP contribution in [0.1, 0.15) is 72.9 Å². The van der Waals surface area contributed by atoms with Crippen LogP contribution >= 0.6 is 11.6 Å². The van der Waals surface area contributed by atoms with Crippen molar-refractivity contribution in [3.05, 3.63) is 87.4 Å². The first-order valence-corrected chi connectivity index (χ1v) is 18.4. The maximum Gasteiger partial charge on any atom is 0.421 e. The highest BCUT2D eigenvalue weighted by atomic mass is 35.5. The Morgan fingerprint density at radius 2 is 1.65 bits per heavy atom. The van der Waals surface area contributed by atoms with E-state index < -0.39 is 29.3 Å². The van der Waals surface area contributed by atoms with Gasteiger partial charge in [0.05, 0.1) is 30.5 Å². The summed E-state index contributed by atoms with van der Waals surface area (Å²) in [6, 6.07) is 16.3. The molecule has 0 spiro atoms. The zero-order chi connectivity index (χ0) is 38.2. The van der Waals surface area contributed by atoms with Gasteiger partial charge in [0.25, 0.3) is 0 Å². The van der Waals surface area contributed by atoms with E-state index in [-0.39, 0.29) is 36.0 Å². The molecule has 0 radical (unpaired) electrons. The number of fused-ring (bicyclic) bond motifs is 1. The third kappa shape index (κ3) is 8.00. The number of carbonyl (C=O) groups is 1. The van der Waals surface area contributed by atoms with Crippen LogP contribution in [0.15, 0.2) is 54.6 Å². The fraction of sp³-hybridized carbons (Fsp3) is 0.425. The molecule has 2 fully saturated rings. The molecule has 3 heterocycles. The average Bonchev–Trinajstić information content (AvgIpc) is 3.75. The molecule has 4 aromatic rings. The Kier molecular flexibility index (Phi) is 10.8. The van der Waals surface area contributed by atoms with Crippen LogP contribution < -0.4 is 30.2 Å². The van der Waals surface area contributed by atoms with E-state index in [9.17, 15) is 23.1 Å². The number of aromatic nitrogens is 2. The molecule has 1 saturated heterocycles. The van der Waals surface area contributed by atoms with E-state index in [0.29, 0.717) is 67.4 Å². The minimum absolute atomic E-state index is 0.0139. The molecule has 2 aromatic heterocycles. The first kappa shape index (κ1) is 37.9. The Balaban J connectivity index is 1.11. The normalized spacial score (nSPS) is 22.1. The van der Waals surface area contributed by atoms with Crippen LogP contribution in [0.5, 0.6) is 17.6 Å². The molecule has 0 unspecified atom stereocenters. The molecule has 1 amide bonds. The number of halogens is 4. The van der Waals surface area contributed by atoms with E-state index in [1.165, 1.54) is 7.11 Å². The second-order valence-electron chi connectivity index (χ2n) is 14.5. The Labute approximate surface area is 316 Å². The summed E-state index contributed by atoms with van der Waals surface area (Å²) >= 11 is 7.11. The van der Waals surface area contributed by atoms with Crippen LogP contribution in [0, 0.1) is 0 Å². The van der Waals surface area contributed by atoms with Crippen LogP contribution in [-0.4, -0.2) is 59.4 Å². The van der Waals surface area contributed by atoms with E-state index in [2.05, 4.69) is 20.9 Å². The Morgan fingerprint density at radius 3 is 2.35 bits per heavy atom. The van der Waals surface area contributed by atoms with Crippen molar-refractivity contribution in [1.82, 2.24) is 25.9 Å². The van der Waals surface area contributed by atoms with Crippen molar-refractivity contribution < 1.29 is 37.3 Å². The highest BCUT2D eigenvalue weighted by molar-refractivity contribution is 6.36. The van der Waals surface area contributed by atoms with Gasteiger partial charge in [-0.3, -0.25) is 4.79 Å². The molecule has 4 N–H and O–H groups in total. The number of hydrogen-bond donors (Lipinski definition) is 4. The van der Waals surface area contributed by atoms with E-state index in [1.807, 2.05) is 48.5 Å². The van der Waals surface area contributed by atoms with Crippen molar-refractivity contribution in [3.8, 4) is 40.0 Å². The van der Waals surface area contributed by atoms with E-state index in [0.717, 1.165) is 40.3 Å². The third-order valence-corrected chi connectivity index (χ3v) is 10.8. The number of aliphatic hydroxyl groups is 1. The van der Waals surface area contributed by atoms with Gasteiger partial charge in [-0.1, -0.05) is 54.1 Å². The van der Waals surface area contributed by atoms with E-state index >= 15 is 0 Å². The molecule has 14 heteroatoms. The van der Waals surface area contributed by atoms with E-state index in [1.54, 1.807) is 14.0 Å². The maximum absolute atomic E-state index is 14.5. The number of rotatable bonds is 13. The molecule has 1 saturated carbocycles. The summed E-state index contributed by atoms with van der Waals surface area (Å²) in [6.45, 7) is 2.98. The minimum Gasteiger partial charge on any atom is -0.481 e. The molecular weight excluding hydrogens is 723 g/mol. The Morgan fingerprint density at radius 1 is 0.926 bits per heavy atom. The zero-order valence-electron chi connectivity index (χ0n) is 30.3. The number of benzene rings is 2. The molecule has 0 bridgehead atoms. The predicted molar refractivity (Wildman–Crippen MR) is 198 cm³/mol. The molecule has 2 atom stereocenters. The van der Waals surface area contributed by atoms with Gasteiger partial charge >= 0.3 is 6.18 Å². The number of nitrogens with zero attached hydrogens (tertiary/aromatic N) is 2. The first-order valence-electron chi connectivity index (χ1n) is 18.1. The summed E-state index contributed by atoms with van der Waals surface area (Å²) < 4.78 is 60.5. The highest BCUT2D eigenvalue weighted by Crippen LogP contribution is 2.46. The summed E-state index contributed by atoms with van der Waals surface area (Å²) in [5.41, 5.74) is 4.01. The summed E-state index contributed by atoms with van der Waals surface area (Å²) in [5.74, 6) is 0.0311. The van der Waals surface area contributed by atoms with Crippen molar-refractivity contribution in [2.24, 2.45) is 0 Å². The summed E-state index contributed by atoms with van der Waals surface area (Å²) in [7, 11) is 2.93. The lowest BCUT2D eigenvalue weighted by molar-refractivity contribution is -0.139. The van der Waals surface area contributed by atoms with Crippen molar-refractivity contribution >= 4 is 17.5 Å². The van der Waals surface area contributed by atoms with Gasteiger partial charge < -0.3 is 35.3 Å². The first-order chi connectivity index (χ1) is 25.8. The van der Waals surface area contributed by atoms with Crippen LogP contribution in [0.25, 0.3) is 22.4 Å². The van der Waals surface area contributed by atoms with Crippen molar-refractivity contribution in [2.45, 2.75) is 88.5 Å². The number of alkyl halides is 3. The largest absolute Gasteiger partial charge is 0.481 e. The molecule has 7 rings (SSSR count). The van der Waals surface area contributed by atoms with E-state index in [4.69, 9.17) is 30.8 Å². The van der Waals surface area contributed by atoms with Gasteiger partial charge in [0, 0.05) is 60.4 Å².